The predicted octanol–water partition coefficient (Wildman–Crippen LogP) is 4.81. The number of hydrogen-bond donors (Lipinski definition) is 3. The van der Waals surface area contributed by atoms with E-state index < -0.39 is 35.7 Å². The lowest BCUT2D eigenvalue weighted by Gasteiger charge is -2.36. The fourth-order valence-corrected chi connectivity index (χ4v) is 6.78. The summed E-state index contributed by atoms with van der Waals surface area (Å²) >= 11 is 0. The molecule has 1 saturated heterocycles. The number of benzene rings is 2. The van der Waals surface area contributed by atoms with E-state index in [0.29, 0.717) is 18.8 Å². The van der Waals surface area contributed by atoms with Crippen molar-refractivity contribution >= 4 is 29.3 Å². The zero-order chi connectivity index (χ0) is 36.5. The first-order valence-electron chi connectivity index (χ1n) is 17.9. The van der Waals surface area contributed by atoms with Crippen LogP contribution in [0, 0.1) is 5.92 Å². The van der Waals surface area contributed by atoms with Gasteiger partial charge in [-0.1, -0.05) is 49.4 Å². The van der Waals surface area contributed by atoms with Crippen molar-refractivity contribution in [1.29, 1.82) is 0 Å². The van der Waals surface area contributed by atoms with Gasteiger partial charge in [-0.2, -0.15) is 5.10 Å². The quantitative estimate of drug-likeness (QED) is 0.234. The van der Waals surface area contributed by atoms with Crippen LogP contribution in [0.15, 0.2) is 66.9 Å². The highest BCUT2D eigenvalue weighted by Gasteiger charge is 2.40. The molecule has 1 aromatic heterocycles. The molecular formula is C38H49F2N7O4. The summed E-state index contributed by atoms with van der Waals surface area (Å²) in [4.78, 5) is 57.2. The molecule has 2 fully saturated rings. The van der Waals surface area contributed by atoms with Gasteiger partial charge in [0.2, 0.25) is 23.6 Å². The van der Waals surface area contributed by atoms with Crippen LogP contribution < -0.4 is 16.0 Å². The lowest BCUT2D eigenvalue weighted by molar-refractivity contribution is -0.138. The summed E-state index contributed by atoms with van der Waals surface area (Å²) in [5, 5.41) is 12.8. The summed E-state index contributed by atoms with van der Waals surface area (Å²) in [5.41, 5.74) is 2.73. The van der Waals surface area contributed by atoms with Crippen LogP contribution in [0.5, 0.6) is 0 Å². The van der Waals surface area contributed by atoms with Crippen LogP contribution in [0.4, 0.5) is 14.5 Å². The molecule has 0 unspecified atom stereocenters. The Morgan fingerprint density at radius 3 is 2.18 bits per heavy atom. The Labute approximate surface area is 298 Å². The molecule has 1 aliphatic heterocycles. The maximum Gasteiger partial charge on any atom is 0.270 e. The highest BCUT2D eigenvalue weighted by molar-refractivity contribution is 6.00. The fraction of sp³-hybridized carbons (Fsp3) is 0.500. The van der Waals surface area contributed by atoms with Crippen molar-refractivity contribution < 1.29 is 28.0 Å². The number of amides is 4. The minimum absolute atomic E-state index is 0.0920. The van der Waals surface area contributed by atoms with E-state index in [-0.39, 0.29) is 62.1 Å². The van der Waals surface area contributed by atoms with Gasteiger partial charge in [-0.25, -0.2) is 8.78 Å². The molecule has 2 atom stereocenters. The Balaban J connectivity index is 1.23. The molecule has 1 saturated carbocycles. The lowest BCUT2D eigenvalue weighted by atomic mass is 9.81. The molecule has 1 aliphatic carbocycles. The molecule has 5 rings (SSSR count). The molecule has 2 heterocycles. The van der Waals surface area contributed by atoms with Crippen LogP contribution in [0.1, 0.15) is 80.5 Å². The smallest absolute Gasteiger partial charge is 0.270 e. The number of nitrogens with one attached hydrogen (secondary N) is 3. The van der Waals surface area contributed by atoms with E-state index in [1.54, 1.807) is 46.8 Å². The van der Waals surface area contributed by atoms with Gasteiger partial charge in [0, 0.05) is 76.3 Å². The van der Waals surface area contributed by atoms with Gasteiger partial charge < -0.3 is 20.9 Å². The number of hydrogen-bond acceptors (Lipinski definition) is 6. The van der Waals surface area contributed by atoms with Crippen LogP contribution in [0.25, 0.3) is 0 Å². The molecule has 2 aromatic carbocycles. The summed E-state index contributed by atoms with van der Waals surface area (Å²) in [7, 11) is 0. The number of alkyl halides is 2. The molecule has 0 radical (unpaired) electrons. The van der Waals surface area contributed by atoms with Crippen LogP contribution >= 0.6 is 0 Å². The van der Waals surface area contributed by atoms with Gasteiger partial charge >= 0.3 is 0 Å². The minimum atomic E-state index is -2.79. The first-order chi connectivity index (χ1) is 24.4. The third-order valence-electron chi connectivity index (χ3n) is 9.74. The Morgan fingerprint density at radius 2 is 1.55 bits per heavy atom. The number of rotatable bonds is 13. The van der Waals surface area contributed by atoms with Gasteiger partial charge in [-0.3, -0.25) is 28.8 Å². The third-order valence-corrected chi connectivity index (χ3v) is 9.74. The average molecular weight is 706 g/mol. The molecule has 2 aliphatic rings. The van der Waals surface area contributed by atoms with E-state index in [9.17, 15) is 28.0 Å². The van der Waals surface area contributed by atoms with Crippen molar-refractivity contribution in [2.75, 3.05) is 31.5 Å². The van der Waals surface area contributed by atoms with Crippen LogP contribution in [0.2, 0.25) is 0 Å². The number of carbonyl (C=O) groups is 4. The second kappa shape index (κ2) is 17.0. The second-order valence-electron chi connectivity index (χ2n) is 13.9. The standard InChI is InChI=1S/C38H49F2N7O4/c1-4-33(48)43-31(37(51)46-22-20-45(21-23-46)25-28-8-6-5-7-9-28)24-27-10-12-30(13-11-27)42-36(50)34(29-14-17-38(39,40)18-15-29)44-35(49)32-16-19-41-47(32)26(2)3/h5-13,16,19,26,29,31,34H,4,14-15,17-18,20-25H2,1-3H3,(H,42,50)(H,43,48)(H,44,49)/t31-,34+/m1/s1. The highest BCUT2D eigenvalue weighted by atomic mass is 19.3. The molecule has 3 aromatic rings. The van der Waals surface area contributed by atoms with Gasteiger partial charge in [0.1, 0.15) is 17.8 Å². The molecule has 0 bridgehead atoms. The number of halogens is 2. The number of aromatic nitrogens is 2. The first-order valence-corrected chi connectivity index (χ1v) is 17.9. The summed E-state index contributed by atoms with van der Waals surface area (Å²) in [6.07, 6.45) is 1.49. The van der Waals surface area contributed by atoms with Gasteiger partial charge in [0.15, 0.2) is 0 Å². The highest BCUT2D eigenvalue weighted by Crippen LogP contribution is 2.38. The van der Waals surface area contributed by atoms with Crippen molar-refractivity contribution in [2.24, 2.45) is 5.92 Å². The minimum Gasteiger partial charge on any atom is -0.344 e. The zero-order valence-corrected chi connectivity index (χ0v) is 29.6. The van der Waals surface area contributed by atoms with Crippen LogP contribution in [-0.4, -0.2) is 87.4 Å². The lowest BCUT2D eigenvalue weighted by Crippen LogP contribution is -2.55. The summed E-state index contributed by atoms with van der Waals surface area (Å²) in [6.45, 7) is 8.90. The molecule has 274 valence electrons. The Morgan fingerprint density at radius 1 is 0.882 bits per heavy atom. The number of anilines is 1. The summed E-state index contributed by atoms with van der Waals surface area (Å²) in [6, 6.07) is 16.8. The van der Waals surface area contributed by atoms with Crippen LogP contribution in [-0.2, 0) is 27.3 Å². The SMILES string of the molecule is CCC(=O)N[C@H](Cc1ccc(NC(=O)[C@@H](NC(=O)c2ccnn2C(C)C)C2CCC(F)(F)CC2)cc1)C(=O)N1CCN(Cc2ccccc2)CC1. The maximum absolute atomic E-state index is 14.0. The molecular weight excluding hydrogens is 656 g/mol. The monoisotopic (exact) mass is 705 g/mol. The Kier molecular flexibility index (Phi) is 12.6. The van der Waals surface area contributed by atoms with E-state index in [2.05, 4.69) is 38.1 Å². The van der Waals surface area contributed by atoms with E-state index in [4.69, 9.17) is 0 Å². The van der Waals surface area contributed by atoms with Gasteiger partial charge in [-0.15, -0.1) is 0 Å². The van der Waals surface area contributed by atoms with Gasteiger partial charge in [0.25, 0.3) is 5.91 Å². The number of carbonyl (C=O) groups excluding carboxylic acids is 4. The molecule has 11 nitrogen and oxygen atoms in total. The molecule has 0 spiro atoms. The van der Waals surface area contributed by atoms with Gasteiger partial charge in [-0.05, 0) is 61.9 Å². The van der Waals surface area contributed by atoms with Crippen molar-refractivity contribution in [3.63, 3.8) is 0 Å². The summed E-state index contributed by atoms with van der Waals surface area (Å²) < 4.78 is 29.6. The molecule has 4 amide bonds. The van der Waals surface area contributed by atoms with E-state index in [1.807, 2.05) is 32.0 Å². The van der Waals surface area contributed by atoms with Crippen molar-refractivity contribution in [2.45, 2.75) is 89.9 Å². The zero-order valence-electron chi connectivity index (χ0n) is 29.6. The van der Waals surface area contributed by atoms with Crippen molar-refractivity contribution in [3.8, 4) is 0 Å². The number of piperazine rings is 1. The third kappa shape index (κ3) is 10.2. The normalized spacial score (nSPS) is 17.8. The van der Waals surface area contributed by atoms with Crippen LogP contribution in [0.3, 0.4) is 0 Å². The predicted molar refractivity (Wildman–Crippen MR) is 190 cm³/mol. The largest absolute Gasteiger partial charge is 0.344 e. The maximum atomic E-state index is 14.0. The second-order valence-corrected chi connectivity index (χ2v) is 13.9. The van der Waals surface area contributed by atoms with Crippen molar-refractivity contribution in [3.05, 3.63) is 83.7 Å². The summed E-state index contributed by atoms with van der Waals surface area (Å²) in [5.74, 6) is -4.63. The average Bonchev–Trinajstić information content (AvgIpc) is 3.63. The Hall–Kier alpha value is -4.65. The molecule has 51 heavy (non-hydrogen) atoms. The first kappa shape index (κ1) is 37.6. The van der Waals surface area contributed by atoms with E-state index >= 15 is 0 Å². The van der Waals surface area contributed by atoms with Crippen molar-refractivity contribution in [1.82, 2.24) is 30.2 Å². The van der Waals surface area contributed by atoms with Gasteiger partial charge in [0.05, 0.1) is 0 Å². The topological polar surface area (TPSA) is 129 Å². The van der Waals surface area contributed by atoms with E-state index in [0.717, 1.165) is 25.2 Å². The molecule has 13 heteroatoms. The fourth-order valence-electron chi connectivity index (χ4n) is 6.78. The molecule has 3 N–H and O–H groups in total. The Bertz CT molecular complexity index is 1630. The van der Waals surface area contributed by atoms with E-state index in [1.165, 1.54) is 11.8 Å². The number of nitrogens with zero attached hydrogens (tertiary/aromatic N) is 4.